The minimum atomic E-state index is -0.409. The molecular weight excluding hydrogens is 222 g/mol. The highest BCUT2D eigenvalue weighted by molar-refractivity contribution is 6.00. The standard InChI is InChI=1S/C11H11N3O3/c15-11-4-6-3-10(14(16)17)9(5-8(6)13-11)12-7-1-2-7/h3,5,7,12H,1-2,4H2,(H,13,15). The molecule has 0 spiro atoms. The van der Waals surface area contributed by atoms with Gasteiger partial charge >= 0.3 is 0 Å². The number of nitrogens with zero attached hydrogens (tertiary/aromatic N) is 1. The van der Waals surface area contributed by atoms with Gasteiger partial charge in [0.25, 0.3) is 5.69 Å². The molecule has 3 rings (SSSR count). The summed E-state index contributed by atoms with van der Waals surface area (Å²) in [6.07, 6.45) is 2.31. The molecule has 0 aromatic heterocycles. The second-order valence-electron chi connectivity index (χ2n) is 4.43. The van der Waals surface area contributed by atoms with Gasteiger partial charge in [0, 0.05) is 17.8 Å². The Kier molecular flexibility index (Phi) is 2.04. The van der Waals surface area contributed by atoms with Crippen molar-refractivity contribution in [1.82, 2.24) is 0 Å². The normalized spacial score (nSPS) is 17.5. The highest BCUT2D eigenvalue weighted by Gasteiger charge is 2.28. The van der Waals surface area contributed by atoms with Crippen LogP contribution in [0.15, 0.2) is 12.1 Å². The molecule has 1 aromatic rings. The van der Waals surface area contributed by atoms with Crippen LogP contribution >= 0.6 is 0 Å². The van der Waals surface area contributed by atoms with Gasteiger partial charge in [-0.25, -0.2) is 0 Å². The summed E-state index contributed by atoms with van der Waals surface area (Å²) >= 11 is 0. The minimum Gasteiger partial charge on any atom is -0.377 e. The number of benzene rings is 1. The maximum absolute atomic E-state index is 11.2. The predicted octanol–water partition coefficient (Wildman–Crippen LogP) is 1.66. The van der Waals surface area contributed by atoms with Crippen molar-refractivity contribution in [3.63, 3.8) is 0 Å². The van der Waals surface area contributed by atoms with Gasteiger partial charge in [-0.2, -0.15) is 0 Å². The molecule has 0 unspecified atom stereocenters. The number of nitrogens with one attached hydrogen (secondary N) is 2. The van der Waals surface area contributed by atoms with Crippen LogP contribution in [-0.2, 0) is 11.2 Å². The van der Waals surface area contributed by atoms with Crippen LogP contribution in [0.25, 0.3) is 0 Å². The summed E-state index contributed by atoms with van der Waals surface area (Å²) in [5.41, 5.74) is 1.93. The highest BCUT2D eigenvalue weighted by Crippen LogP contribution is 2.37. The van der Waals surface area contributed by atoms with Crippen molar-refractivity contribution in [1.29, 1.82) is 0 Å². The largest absolute Gasteiger partial charge is 0.377 e. The van der Waals surface area contributed by atoms with Crippen molar-refractivity contribution in [2.45, 2.75) is 25.3 Å². The molecule has 0 saturated heterocycles. The molecule has 6 heteroatoms. The molecule has 0 atom stereocenters. The summed E-state index contributed by atoms with van der Waals surface area (Å²) < 4.78 is 0. The summed E-state index contributed by atoms with van der Waals surface area (Å²) in [6, 6.07) is 3.48. The summed E-state index contributed by atoms with van der Waals surface area (Å²) in [4.78, 5) is 21.8. The Hall–Kier alpha value is -2.11. The van der Waals surface area contributed by atoms with Gasteiger partial charge in [0.15, 0.2) is 0 Å². The van der Waals surface area contributed by atoms with Gasteiger partial charge in [-0.3, -0.25) is 14.9 Å². The zero-order chi connectivity index (χ0) is 12.0. The van der Waals surface area contributed by atoms with Crippen LogP contribution in [0.4, 0.5) is 17.1 Å². The lowest BCUT2D eigenvalue weighted by atomic mass is 10.1. The van der Waals surface area contributed by atoms with E-state index in [0.717, 1.165) is 12.8 Å². The lowest BCUT2D eigenvalue weighted by molar-refractivity contribution is -0.384. The maximum Gasteiger partial charge on any atom is 0.292 e. The van der Waals surface area contributed by atoms with E-state index in [-0.39, 0.29) is 18.0 Å². The van der Waals surface area contributed by atoms with Crippen molar-refractivity contribution >= 4 is 23.0 Å². The van der Waals surface area contributed by atoms with E-state index in [1.165, 1.54) is 6.07 Å². The molecule has 1 fully saturated rings. The molecule has 1 aromatic carbocycles. The van der Waals surface area contributed by atoms with E-state index in [2.05, 4.69) is 10.6 Å². The number of fused-ring (bicyclic) bond motifs is 1. The van der Waals surface area contributed by atoms with Crippen molar-refractivity contribution in [3.05, 3.63) is 27.8 Å². The zero-order valence-corrected chi connectivity index (χ0v) is 9.03. The number of amides is 1. The molecule has 1 aliphatic heterocycles. The fourth-order valence-electron chi connectivity index (χ4n) is 1.98. The lowest BCUT2D eigenvalue weighted by Crippen LogP contribution is -2.05. The van der Waals surface area contributed by atoms with Crippen molar-refractivity contribution < 1.29 is 9.72 Å². The summed E-state index contributed by atoms with van der Waals surface area (Å²) in [7, 11) is 0. The number of rotatable bonds is 3. The van der Waals surface area contributed by atoms with E-state index in [0.29, 0.717) is 23.0 Å². The predicted molar refractivity (Wildman–Crippen MR) is 62.1 cm³/mol. The summed E-state index contributed by atoms with van der Waals surface area (Å²) in [6.45, 7) is 0. The van der Waals surface area contributed by atoms with Crippen molar-refractivity contribution in [2.75, 3.05) is 10.6 Å². The van der Waals surface area contributed by atoms with E-state index in [1.807, 2.05) is 0 Å². The first kappa shape index (κ1) is 10.1. The Morgan fingerprint density at radius 3 is 2.82 bits per heavy atom. The maximum atomic E-state index is 11.2. The third-order valence-corrected chi connectivity index (χ3v) is 2.98. The Balaban J connectivity index is 2.02. The molecule has 17 heavy (non-hydrogen) atoms. The molecule has 1 heterocycles. The third-order valence-electron chi connectivity index (χ3n) is 2.98. The number of hydrogen-bond donors (Lipinski definition) is 2. The molecule has 1 aliphatic carbocycles. The number of carbonyl (C=O) groups excluding carboxylic acids is 1. The highest BCUT2D eigenvalue weighted by atomic mass is 16.6. The Morgan fingerprint density at radius 1 is 1.41 bits per heavy atom. The van der Waals surface area contributed by atoms with Crippen LogP contribution in [0.2, 0.25) is 0 Å². The van der Waals surface area contributed by atoms with E-state index in [1.54, 1.807) is 6.07 Å². The van der Waals surface area contributed by atoms with E-state index in [9.17, 15) is 14.9 Å². The molecule has 88 valence electrons. The molecule has 2 N–H and O–H groups in total. The quantitative estimate of drug-likeness (QED) is 0.614. The Labute approximate surface area is 97.2 Å². The number of hydrogen-bond acceptors (Lipinski definition) is 4. The van der Waals surface area contributed by atoms with Crippen LogP contribution in [-0.4, -0.2) is 16.9 Å². The SMILES string of the molecule is O=C1Cc2cc([N+](=O)[O-])c(NC3CC3)cc2N1. The third kappa shape index (κ3) is 1.82. The molecule has 0 bridgehead atoms. The summed E-state index contributed by atoms with van der Waals surface area (Å²) in [5, 5.41) is 16.8. The average molecular weight is 233 g/mol. The van der Waals surface area contributed by atoms with E-state index < -0.39 is 4.92 Å². The fraction of sp³-hybridized carbons (Fsp3) is 0.364. The first-order chi connectivity index (χ1) is 8.13. The van der Waals surface area contributed by atoms with Crippen LogP contribution < -0.4 is 10.6 Å². The zero-order valence-electron chi connectivity index (χ0n) is 9.03. The lowest BCUT2D eigenvalue weighted by Gasteiger charge is -2.07. The van der Waals surface area contributed by atoms with Crippen LogP contribution in [0.3, 0.4) is 0 Å². The average Bonchev–Trinajstić information content (AvgIpc) is 2.97. The molecule has 1 saturated carbocycles. The molecule has 2 aliphatic rings. The van der Waals surface area contributed by atoms with Gasteiger partial charge in [0.2, 0.25) is 5.91 Å². The number of anilines is 2. The number of nitro groups is 1. The van der Waals surface area contributed by atoms with Crippen LogP contribution in [0, 0.1) is 10.1 Å². The Bertz CT molecular complexity index is 523. The van der Waals surface area contributed by atoms with Gasteiger partial charge < -0.3 is 10.6 Å². The monoisotopic (exact) mass is 233 g/mol. The summed E-state index contributed by atoms with van der Waals surface area (Å²) in [5.74, 6) is -0.113. The van der Waals surface area contributed by atoms with E-state index in [4.69, 9.17) is 0 Å². The second kappa shape index (κ2) is 3.44. The number of nitro benzene ring substituents is 1. The van der Waals surface area contributed by atoms with Crippen molar-refractivity contribution in [2.24, 2.45) is 0 Å². The second-order valence-corrected chi connectivity index (χ2v) is 4.43. The molecular formula is C11H11N3O3. The van der Waals surface area contributed by atoms with Crippen LogP contribution in [0.5, 0.6) is 0 Å². The van der Waals surface area contributed by atoms with Crippen molar-refractivity contribution in [3.8, 4) is 0 Å². The van der Waals surface area contributed by atoms with Gasteiger partial charge in [0.05, 0.1) is 11.3 Å². The smallest absolute Gasteiger partial charge is 0.292 e. The van der Waals surface area contributed by atoms with E-state index >= 15 is 0 Å². The first-order valence-corrected chi connectivity index (χ1v) is 5.51. The van der Waals surface area contributed by atoms with Gasteiger partial charge in [0.1, 0.15) is 5.69 Å². The number of carbonyl (C=O) groups is 1. The van der Waals surface area contributed by atoms with Gasteiger partial charge in [-0.15, -0.1) is 0 Å². The topological polar surface area (TPSA) is 84.3 Å². The van der Waals surface area contributed by atoms with Gasteiger partial charge in [-0.1, -0.05) is 0 Å². The van der Waals surface area contributed by atoms with Crippen LogP contribution in [0.1, 0.15) is 18.4 Å². The first-order valence-electron chi connectivity index (χ1n) is 5.51. The van der Waals surface area contributed by atoms with Gasteiger partial charge in [-0.05, 0) is 24.5 Å². The minimum absolute atomic E-state index is 0.0483. The molecule has 0 radical (unpaired) electrons. The fourth-order valence-corrected chi connectivity index (χ4v) is 1.98. The molecule has 6 nitrogen and oxygen atoms in total. The Morgan fingerprint density at radius 2 is 2.18 bits per heavy atom. The molecule has 1 amide bonds.